The predicted molar refractivity (Wildman–Crippen MR) is 78.4 cm³/mol. The lowest BCUT2D eigenvalue weighted by molar-refractivity contribution is -0.122. The Labute approximate surface area is 121 Å². The molecule has 3 rings (SSSR count). The van der Waals surface area contributed by atoms with Gasteiger partial charge in [-0.3, -0.25) is 9.69 Å². The van der Waals surface area contributed by atoms with Crippen LogP contribution in [0.25, 0.3) is 0 Å². The van der Waals surface area contributed by atoms with Crippen LogP contribution in [0.2, 0.25) is 0 Å². The van der Waals surface area contributed by atoms with Gasteiger partial charge in [-0.25, -0.2) is 4.98 Å². The van der Waals surface area contributed by atoms with Crippen molar-refractivity contribution in [3.8, 4) is 0 Å². The number of carbonyl (C=O) groups is 1. The lowest BCUT2D eigenvalue weighted by Crippen LogP contribution is -2.37. The zero-order valence-corrected chi connectivity index (χ0v) is 12.6. The summed E-state index contributed by atoms with van der Waals surface area (Å²) < 4.78 is 2.24. The van der Waals surface area contributed by atoms with E-state index in [1.807, 2.05) is 12.5 Å². The lowest BCUT2D eigenvalue weighted by Gasteiger charge is -2.29. The summed E-state index contributed by atoms with van der Waals surface area (Å²) in [6, 6.07) is 0.919. The molecule has 20 heavy (non-hydrogen) atoms. The summed E-state index contributed by atoms with van der Waals surface area (Å²) in [5, 5.41) is 0. The number of aromatic nitrogens is 2. The molecule has 1 aliphatic carbocycles. The highest BCUT2D eigenvalue weighted by Gasteiger charge is 2.38. The summed E-state index contributed by atoms with van der Waals surface area (Å²) >= 11 is 0. The third-order valence-electron chi connectivity index (χ3n) is 4.90. The molecule has 2 heterocycles. The second-order valence-electron chi connectivity index (χ2n) is 6.53. The fraction of sp³-hybridized carbons (Fsp3) is 0.750. The van der Waals surface area contributed by atoms with Crippen molar-refractivity contribution in [2.45, 2.75) is 64.6 Å². The van der Waals surface area contributed by atoms with Gasteiger partial charge in [0.05, 0.1) is 12.0 Å². The van der Waals surface area contributed by atoms with Crippen molar-refractivity contribution in [1.29, 1.82) is 0 Å². The minimum absolute atomic E-state index is 0.299. The quantitative estimate of drug-likeness (QED) is 0.848. The van der Waals surface area contributed by atoms with Gasteiger partial charge in [0, 0.05) is 37.2 Å². The number of Topliss-reactive ketones (excluding diaryl/α,β-unsaturated/α-hetero) is 1. The molecule has 2 fully saturated rings. The molecule has 1 aliphatic heterocycles. The first-order valence-electron chi connectivity index (χ1n) is 7.94. The number of hydrogen-bond acceptors (Lipinski definition) is 3. The summed E-state index contributed by atoms with van der Waals surface area (Å²) in [6.07, 6.45) is 9.31. The maximum atomic E-state index is 12.0. The van der Waals surface area contributed by atoms with Gasteiger partial charge in [-0.1, -0.05) is 0 Å². The minimum Gasteiger partial charge on any atom is -0.331 e. The minimum atomic E-state index is 0.299. The normalized spacial score (nSPS) is 27.9. The molecule has 0 aromatic carbocycles. The molecule has 4 heteroatoms. The first-order chi connectivity index (χ1) is 9.66. The molecule has 2 unspecified atom stereocenters. The van der Waals surface area contributed by atoms with E-state index >= 15 is 0 Å². The average molecular weight is 275 g/mol. The van der Waals surface area contributed by atoms with Crippen LogP contribution in [0.15, 0.2) is 12.5 Å². The molecular formula is C16H25N3O. The van der Waals surface area contributed by atoms with E-state index in [2.05, 4.69) is 28.3 Å². The SMILES string of the molecule is CC(C)n1cncc1CN1CCCC1C1CCCC1=O. The summed E-state index contributed by atoms with van der Waals surface area (Å²) in [5.74, 6) is 0.798. The van der Waals surface area contributed by atoms with Crippen molar-refractivity contribution in [3.63, 3.8) is 0 Å². The lowest BCUT2D eigenvalue weighted by atomic mass is 9.95. The molecule has 2 aliphatic rings. The van der Waals surface area contributed by atoms with Gasteiger partial charge in [0.25, 0.3) is 0 Å². The molecule has 0 amide bonds. The first-order valence-corrected chi connectivity index (χ1v) is 7.94. The Hall–Kier alpha value is -1.16. The van der Waals surface area contributed by atoms with Gasteiger partial charge in [-0.15, -0.1) is 0 Å². The summed E-state index contributed by atoms with van der Waals surface area (Å²) in [5.41, 5.74) is 1.28. The van der Waals surface area contributed by atoms with Crippen LogP contribution in [0.5, 0.6) is 0 Å². The Morgan fingerprint density at radius 2 is 2.20 bits per heavy atom. The third-order valence-corrected chi connectivity index (χ3v) is 4.90. The Balaban J connectivity index is 1.72. The standard InChI is InChI=1S/C16H25N3O/c1-12(2)19-11-17-9-13(19)10-18-8-4-6-15(18)14-5-3-7-16(14)20/h9,11-12,14-15H,3-8,10H2,1-2H3. The molecule has 1 saturated heterocycles. The molecule has 0 radical (unpaired) electrons. The van der Waals surface area contributed by atoms with Gasteiger partial charge in [-0.2, -0.15) is 0 Å². The van der Waals surface area contributed by atoms with Crippen LogP contribution in [0.1, 0.15) is 57.7 Å². The van der Waals surface area contributed by atoms with Crippen LogP contribution in [0, 0.1) is 5.92 Å². The maximum absolute atomic E-state index is 12.0. The Bertz CT molecular complexity index is 480. The second-order valence-corrected chi connectivity index (χ2v) is 6.53. The van der Waals surface area contributed by atoms with Crippen LogP contribution < -0.4 is 0 Å². The average Bonchev–Trinajstić information content (AvgIpc) is 3.10. The maximum Gasteiger partial charge on any atom is 0.137 e. The highest BCUT2D eigenvalue weighted by molar-refractivity contribution is 5.83. The Kier molecular flexibility index (Phi) is 3.92. The molecule has 1 saturated carbocycles. The zero-order valence-electron chi connectivity index (χ0n) is 12.6. The van der Waals surface area contributed by atoms with Gasteiger partial charge in [0.2, 0.25) is 0 Å². The number of ketones is 1. The fourth-order valence-electron chi connectivity index (χ4n) is 3.88. The molecule has 0 bridgehead atoms. The molecule has 0 spiro atoms. The van der Waals surface area contributed by atoms with E-state index in [1.54, 1.807) is 0 Å². The van der Waals surface area contributed by atoms with E-state index < -0.39 is 0 Å². The van der Waals surface area contributed by atoms with Crippen molar-refractivity contribution in [2.24, 2.45) is 5.92 Å². The fourth-order valence-corrected chi connectivity index (χ4v) is 3.88. The second kappa shape index (κ2) is 5.68. The summed E-state index contributed by atoms with van der Waals surface area (Å²) in [6.45, 7) is 6.44. The topological polar surface area (TPSA) is 38.1 Å². The molecule has 110 valence electrons. The zero-order chi connectivity index (χ0) is 14.1. The largest absolute Gasteiger partial charge is 0.331 e. The smallest absolute Gasteiger partial charge is 0.137 e. The highest BCUT2D eigenvalue weighted by Crippen LogP contribution is 2.34. The van der Waals surface area contributed by atoms with E-state index in [4.69, 9.17) is 0 Å². The van der Waals surface area contributed by atoms with Crippen LogP contribution in [0.3, 0.4) is 0 Å². The monoisotopic (exact) mass is 275 g/mol. The van der Waals surface area contributed by atoms with Gasteiger partial charge < -0.3 is 4.57 Å². The molecule has 1 aromatic heterocycles. The van der Waals surface area contributed by atoms with Crippen molar-refractivity contribution >= 4 is 5.78 Å². The highest BCUT2D eigenvalue weighted by atomic mass is 16.1. The van der Waals surface area contributed by atoms with E-state index in [1.165, 1.54) is 18.5 Å². The van der Waals surface area contributed by atoms with Crippen LogP contribution in [-0.4, -0.2) is 32.8 Å². The number of nitrogens with zero attached hydrogens (tertiary/aromatic N) is 3. The van der Waals surface area contributed by atoms with E-state index in [0.29, 0.717) is 23.8 Å². The predicted octanol–water partition coefficient (Wildman–Crippen LogP) is 2.80. The number of likely N-dealkylation sites (tertiary alicyclic amines) is 1. The van der Waals surface area contributed by atoms with Gasteiger partial charge in [-0.05, 0) is 46.1 Å². The number of hydrogen-bond donors (Lipinski definition) is 0. The van der Waals surface area contributed by atoms with E-state index in [9.17, 15) is 4.79 Å². The van der Waals surface area contributed by atoms with Crippen molar-refractivity contribution < 1.29 is 4.79 Å². The molecule has 1 aromatic rings. The number of rotatable bonds is 4. The van der Waals surface area contributed by atoms with Crippen molar-refractivity contribution in [2.75, 3.05) is 6.54 Å². The summed E-state index contributed by atoms with van der Waals surface area (Å²) in [7, 11) is 0. The van der Waals surface area contributed by atoms with Crippen LogP contribution in [0.4, 0.5) is 0 Å². The Morgan fingerprint density at radius 1 is 1.35 bits per heavy atom. The third kappa shape index (κ3) is 2.53. The molecular weight excluding hydrogens is 250 g/mol. The molecule has 4 nitrogen and oxygen atoms in total. The molecule has 0 N–H and O–H groups in total. The van der Waals surface area contributed by atoms with Gasteiger partial charge in [0.15, 0.2) is 0 Å². The van der Waals surface area contributed by atoms with Crippen LogP contribution in [-0.2, 0) is 11.3 Å². The van der Waals surface area contributed by atoms with Gasteiger partial charge in [0.1, 0.15) is 5.78 Å². The Morgan fingerprint density at radius 3 is 2.90 bits per heavy atom. The van der Waals surface area contributed by atoms with Crippen molar-refractivity contribution in [3.05, 3.63) is 18.2 Å². The first kappa shape index (κ1) is 13.8. The summed E-state index contributed by atoms with van der Waals surface area (Å²) in [4.78, 5) is 18.9. The van der Waals surface area contributed by atoms with Crippen LogP contribution >= 0.6 is 0 Å². The van der Waals surface area contributed by atoms with Crippen molar-refractivity contribution in [1.82, 2.24) is 14.5 Å². The number of imidazole rings is 1. The molecule has 2 atom stereocenters. The number of carbonyl (C=O) groups excluding carboxylic acids is 1. The van der Waals surface area contributed by atoms with Gasteiger partial charge >= 0.3 is 0 Å². The van der Waals surface area contributed by atoms with E-state index in [0.717, 1.165) is 32.4 Å². The van der Waals surface area contributed by atoms with E-state index in [-0.39, 0.29) is 0 Å².